The number of carbonyl (C=O) groups is 1. The van der Waals surface area contributed by atoms with Crippen molar-refractivity contribution in [1.82, 2.24) is 0 Å². The summed E-state index contributed by atoms with van der Waals surface area (Å²) in [4.78, 5) is 11.3. The molecule has 0 aromatic heterocycles. The third-order valence-electron chi connectivity index (χ3n) is 2.05. The van der Waals surface area contributed by atoms with Gasteiger partial charge in [-0.05, 0) is 11.6 Å². The molecule has 1 aromatic carbocycles. The Morgan fingerprint density at radius 1 is 1.31 bits per heavy atom. The minimum Gasteiger partial charge on any atom is -0.273 e. The van der Waals surface area contributed by atoms with Crippen LogP contribution in [0.4, 0.5) is 5.69 Å². The smallest absolute Gasteiger partial charge is 0.244 e. The Morgan fingerprint density at radius 2 is 2.08 bits per heavy atom. The molecule has 0 atom stereocenters. The zero-order valence-electron chi connectivity index (χ0n) is 7.10. The highest BCUT2D eigenvalue weighted by Gasteiger charge is 2.14. The van der Waals surface area contributed by atoms with Crippen molar-refractivity contribution in [3.05, 3.63) is 35.9 Å². The summed E-state index contributed by atoms with van der Waals surface area (Å²) in [6.07, 6.45) is 4.11. The van der Waals surface area contributed by atoms with Crippen molar-refractivity contribution in [3.63, 3.8) is 0 Å². The average Bonchev–Trinajstić information content (AvgIpc) is 2.29. The van der Waals surface area contributed by atoms with Crippen LogP contribution in [0.1, 0.15) is 12.0 Å². The summed E-state index contributed by atoms with van der Waals surface area (Å²) in [7, 11) is 0. The molecule has 0 spiro atoms. The minimum atomic E-state index is -0.0822. The number of hydrogen-bond acceptors (Lipinski definition) is 2. The topological polar surface area (TPSA) is 46.3 Å². The molecule has 2 rings (SSSR count). The molecule has 0 fully saturated rings. The van der Waals surface area contributed by atoms with Crippen LogP contribution in [0, 0.1) is 0 Å². The lowest BCUT2D eigenvalue weighted by atomic mass is 10.2. The van der Waals surface area contributed by atoms with Crippen LogP contribution in [-0.4, -0.2) is 5.91 Å². The van der Waals surface area contributed by atoms with Gasteiger partial charge < -0.3 is 0 Å². The molecule has 1 aliphatic heterocycles. The lowest BCUT2D eigenvalue weighted by Gasteiger charge is -2.15. The highest BCUT2D eigenvalue weighted by Crippen LogP contribution is 2.22. The van der Waals surface area contributed by atoms with E-state index in [-0.39, 0.29) is 5.91 Å². The molecule has 0 unspecified atom stereocenters. The third-order valence-corrected chi connectivity index (χ3v) is 2.05. The number of anilines is 1. The molecule has 2 N–H and O–H groups in total. The van der Waals surface area contributed by atoms with Gasteiger partial charge >= 0.3 is 0 Å². The molecule has 0 saturated carbocycles. The molecule has 1 aromatic rings. The number of hydrogen-bond donors (Lipinski definition) is 1. The quantitative estimate of drug-likeness (QED) is 0.476. The van der Waals surface area contributed by atoms with E-state index in [0.717, 1.165) is 11.3 Å². The first-order valence-electron chi connectivity index (χ1n) is 4.12. The van der Waals surface area contributed by atoms with Crippen molar-refractivity contribution in [1.29, 1.82) is 0 Å². The van der Waals surface area contributed by atoms with Crippen LogP contribution < -0.4 is 10.9 Å². The van der Waals surface area contributed by atoms with E-state index in [4.69, 9.17) is 5.84 Å². The van der Waals surface area contributed by atoms with E-state index in [1.165, 1.54) is 5.01 Å². The molecule has 66 valence electrons. The van der Waals surface area contributed by atoms with Crippen LogP contribution in [0.2, 0.25) is 0 Å². The lowest BCUT2D eigenvalue weighted by Crippen LogP contribution is -2.36. The van der Waals surface area contributed by atoms with Crippen LogP contribution in [0.3, 0.4) is 0 Å². The van der Waals surface area contributed by atoms with Gasteiger partial charge in [-0.2, -0.15) is 0 Å². The van der Waals surface area contributed by atoms with Crippen LogP contribution in [0.5, 0.6) is 0 Å². The summed E-state index contributed by atoms with van der Waals surface area (Å²) in [6, 6.07) is 7.56. The Hall–Kier alpha value is -1.61. The number of carbonyl (C=O) groups excluding carboxylic acids is 1. The Kier molecular flexibility index (Phi) is 1.87. The number of amides is 1. The number of hydrazine groups is 1. The summed E-state index contributed by atoms with van der Waals surface area (Å²) in [5.74, 6) is 5.55. The number of nitrogens with zero attached hydrogens (tertiary/aromatic N) is 1. The molecule has 0 radical (unpaired) electrons. The molecule has 1 amide bonds. The predicted molar refractivity (Wildman–Crippen MR) is 51.8 cm³/mol. The minimum absolute atomic E-state index is 0.0822. The SMILES string of the molecule is NN1C(=O)CC=Cc2ccccc21. The molecule has 0 saturated heterocycles. The average molecular weight is 174 g/mol. The van der Waals surface area contributed by atoms with E-state index in [1.54, 1.807) is 0 Å². The molecule has 13 heavy (non-hydrogen) atoms. The fraction of sp³-hybridized carbons (Fsp3) is 0.100. The van der Waals surface area contributed by atoms with Crippen molar-refractivity contribution < 1.29 is 4.79 Å². The number of fused-ring (bicyclic) bond motifs is 1. The zero-order valence-corrected chi connectivity index (χ0v) is 7.10. The summed E-state index contributed by atoms with van der Waals surface area (Å²) in [6.45, 7) is 0. The Morgan fingerprint density at radius 3 is 2.92 bits per heavy atom. The molecular formula is C10H10N2O. The first kappa shape index (κ1) is 8.01. The maximum absolute atomic E-state index is 11.3. The standard InChI is InChI=1S/C10H10N2O/c11-12-9-6-2-1-4-8(9)5-3-7-10(12)13/h1-6H,7,11H2. The number of benzene rings is 1. The first-order chi connectivity index (χ1) is 6.29. The Balaban J connectivity index is 2.54. The molecule has 0 bridgehead atoms. The van der Waals surface area contributed by atoms with Crippen molar-refractivity contribution >= 4 is 17.7 Å². The van der Waals surface area contributed by atoms with Gasteiger partial charge in [0.1, 0.15) is 0 Å². The predicted octanol–water partition coefficient (Wildman–Crippen LogP) is 1.31. The Labute approximate surface area is 76.4 Å². The van der Waals surface area contributed by atoms with Gasteiger partial charge in [0.05, 0.1) is 5.69 Å². The van der Waals surface area contributed by atoms with Crippen molar-refractivity contribution in [3.8, 4) is 0 Å². The van der Waals surface area contributed by atoms with Crippen LogP contribution in [0.15, 0.2) is 30.3 Å². The summed E-state index contributed by atoms with van der Waals surface area (Å²) in [5, 5.41) is 1.20. The van der Waals surface area contributed by atoms with E-state index < -0.39 is 0 Å². The maximum atomic E-state index is 11.3. The fourth-order valence-corrected chi connectivity index (χ4v) is 1.37. The fourth-order valence-electron chi connectivity index (χ4n) is 1.37. The van der Waals surface area contributed by atoms with Crippen LogP contribution >= 0.6 is 0 Å². The van der Waals surface area contributed by atoms with Crippen LogP contribution in [0.25, 0.3) is 6.08 Å². The van der Waals surface area contributed by atoms with E-state index in [9.17, 15) is 4.79 Å². The molecule has 1 aliphatic rings. The second kappa shape index (κ2) is 3.03. The van der Waals surface area contributed by atoms with Gasteiger partial charge in [-0.1, -0.05) is 30.4 Å². The highest BCUT2D eigenvalue weighted by atomic mass is 16.2. The van der Waals surface area contributed by atoms with Gasteiger partial charge in [0.2, 0.25) is 5.91 Å². The van der Waals surface area contributed by atoms with E-state index in [1.807, 2.05) is 36.4 Å². The second-order valence-corrected chi connectivity index (χ2v) is 2.93. The summed E-state index contributed by atoms with van der Waals surface area (Å²) < 4.78 is 0. The monoisotopic (exact) mass is 174 g/mol. The van der Waals surface area contributed by atoms with Crippen molar-refractivity contribution in [2.75, 3.05) is 5.01 Å². The first-order valence-corrected chi connectivity index (χ1v) is 4.12. The van der Waals surface area contributed by atoms with Gasteiger partial charge in [0.15, 0.2) is 0 Å². The summed E-state index contributed by atoms with van der Waals surface area (Å²) in [5.41, 5.74) is 1.75. The van der Waals surface area contributed by atoms with Crippen LogP contribution in [-0.2, 0) is 4.79 Å². The van der Waals surface area contributed by atoms with Gasteiger partial charge in [-0.25, -0.2) is 10.9 Å². The van der Waals surface area contributed by atoms with Gasteiger partial charge in [0, 0.05) is 6.42 Å². The highest BCUT2D eigenvalue weighted by molar-refractivity contribution is 5.97. The number of para-hydroxylation sites is 1. The molecule has 0 aliphatic carbocycles. The normalized spacial score (nSPS) is 15.5. The maximum Gasteiger partial charge on any atom is 0.244 e. The lowest BCUT2D eigenvalue weighted by molar-refractivity contribution is -0.117. The third kappa shape index (κ3) is 1.34. The molecule has 3 heteroatoms. The van der Waals surface area contributed by atoms with E-state index >= 15 is 0 Å². The van der Waals surface area contributed by atoms with E-state index in [0.29, 0.717) is 6.42 Å². The molecule has 3 nitrogen and oxygen atoms in total. The summed E-state index contributed by atoms with van der Waals surface area (Å²) >= 11 is 0. The molecular weight excluding hydrogens is 164 g/mol. The van der Waals surface area contributed by atoms with Crippen molar-refractivity contribution in [2.45, 2.75) is 6.42 Å². The Bertz CT molecular complexity index is 371. The number of rotatable bonds is 0. The van der Waals surface area contributed by atoms with Gasteiger partial charge in [-0.3, -0.25) is 4.79 Å². The zero-order chi connectivity index (χ0) is 9.26. The van der Waals surface area contributed by atoms with Gasteiger partial charge in [0.25, 0.3) is 0 Å². The van der Waals surface area contributed by atoms with E-state index in [2.05, 4.69) is 0 Å². The second-order valence-electron chi connectivity index (χ2n) is 2.93. The number of nitrogens with two attached hydrogens (primary N) is 1. The largest absolute Gasteiger partial charge is 0.273 e. The van der Waals surface area contributed by atoms with Gasteiger partial charge in [-0.15, -0.1) is 0 Å². The molecule has 1 heterocycles. The van der Waals surface area contributed by atoms with Crippen molar-refractivity contribution in [2.24, 2.45) is 5.84 Å².